The maximum atomic E-state index is 12.2. The Labute approximate surface area is 129 Å². The van der Waals surface area contributed by atoms with Crippen LogP contribution in [0.3, 0.4) is 0 Å². The molecule has 0 radical (unpaired) electrons. The van der Waals surface area contributed by atoms with E-state index in [4.69, 9.17) is 16.9 Å². The standard InChI is InChI=1S/C12H7BrClN3O2S/c13-12-11(2-1-5-16-12)17-20(18,19)9-4-3-8(7-15)10(14)6-9/h1-6,17H. The van der Waals surface area contributed by atoms with Gasteiger partial charge < -0.3 is 0 Å². The van der Waals surface area contributed by atoms with Gasteiger partial charge in [0.2, 0.25) is 0 Å². The van der Waals surface area contributed by atoms with Gasteiger partial charge in [-0.25, -0.2) is 13.4 Å². The number of hydrogen-bond acceptors (Lipinski definition) is 4. The van der Waals surface area contributed by atoms with Crippen LogP contribution in [0, 0.1) is 11.3 Å². The number of nitrogens with zero attached hydrogens (tertiary/aromatic N) is 2. The third-order valence-corrected chi connectivity index (χ3v) is 4.68. The molecular formula is C12H7BrClN3O2S. The third-order valence-electron chi connectivity index (χ3n) is 2.37. The highest BCUT2D eigenvalue weighted by Gasteiger charge is 2.17. The van der Waals surface area contributed by atoms with E-state index in [2.05, 4.69) is 25.6 Å². The highest BCUT2D eigenvalue weighted by Crippen LogP contribution is 2.25. The summed E-state index contributed by atoms with van der Waals surface area (Å²) in [6.07, 6.45) is 1.53. The van der Waals surface area contributed by atoms with Gasteiger partial charge in [0.15, 0.2) is 0 Å². The van der Waals surface area contributed by atoms with Gasteiger partial charge in [0.25, 0.3) is 10.0 Å². The number of nitriles is 1. The molecule has 0 aliphatic rings. The molecule has 0 saturated heterocycles. The van der Waals surface area contributed by atoms with E-state index in [0.717, 1.165) is 0 Å². The zero-order valence-corrected chi connectivity index (χ0v) is 13.0. The summed E-state index contributed by atoms with van der Waals surface area (Å²) in [5, 5.41) is 8.85. The summed E-state index contributed by atoms with van der Waals surface area (Å²) in [6, 6.07) is 8.94. The Morgan fingerprint density at radius 2 is 2.10 bits per heavy atom. The molecule has 0 amide bonds. The predicted molar refractivity (Wildman–Crippen MR) is 78.9 cm³/mol. The minimum Gasteiger partial charge on any atom is -0.277 e. The first kappa shape index (κ1) is 14.8. The van der Waals surface area contributed by atoms with E-state index in [9.17, 15) is 8.42 Å². The van der Waals surface area contributed by atoms with Crippen molar-refractivity contribution < 1.29 is 8.42 Å². The lowest BCUT2D eigenvalue weighted by Gasteiger charge is -2.09. The molecule has 0 saturated carbocycles. The lowest BCUT2D eigenvalue weighted by molar-refractivity contribution is 0.601. The van der Waals surface area contributed by atoms with Crippen LogP contribution in [-0.4, -0.2) is 13.4 Å². The van der Waals surface area contributed by atoms with Crippen molar-refractivity contribution in [2.45, 2.75) is 4.90 Å². The first-order valence-electron chi connectivity index (χ1n) is 5.27. The largest absolute Gasteiger partial charge is 0.277 e. The van der Waals surface area contributed by atoms with Gasteiger partial charge in [0.05, 0.1) is 21.2 Å². The molecule has 0 aliphatic carbocycles. The number of sulfonamides is 1. The lowest BCUT2D eigenvalue weighted by atomic mass is 10.2. The van der Waals surface area contributed by atoms with E-state index >= 15 is 0 Å². The second kappa shape index (κ2) is 5.79. The highest BCUT2D eigenvalue weighted by atomic mass is 79.9. The molecule has 102 valence electrons. The van der Waals surface area contributed by atoms with Crippen LogP contribution < -0.4 is 4.72 Å². The molecule has 1 aromatic heterocycles. The van der Waals surface area contributed by atoms with Crippen molar-refractivity contribution in [3.8, 4) is 6.07 Å². The zero-order valence-electron chi connectivity index (χ0n) is 9.84. The highest BCUT2D eigenvalue weighted by molar-refractivity contribution is 9.10. The molecule has 2 aromatic rings. The average molecular weight is 373 g/mol. The SMILES string of the molecule is N#Cc1ccc(S(=O)(=O)Nc2cccnc2Br)cc1Cl. The maximum Gasteiger partial charge on any atom is 0.262 e. The van der Waals surface area contributed by atoms with Crippen molar-refractivity contribution >= 4 is 43.2 Å². The lowest BCUT2D eigenvalue weighted by Crippen LogP contribution is -2.13. The minimum absolute atomic E-state index is 0.0303. The molecule has 8 heteroatoms. The van der Waals surface area contributed by atoms with E-state index in [1.165, 1.54) is 24.4 Å². The van der Waals surface area contributed by atoms with Crippen LogP contribution in [0.2, 0.25) is 5.02 Å². The molecule has 0 fully saturated rings. The Balaban J connectivity index is 2.39. The summed E-state index contributed by atoms with van der Waals surface area (Å²) in [4.78, 5) is 3.89. The summed E-state index contributed by atoms with van der Waals surface area (Å²) < 4.78 is 27.2. The van der Waals surface area contributed by atoms with Gasteiger partial charge in [-0.15, -0.1) is 0 Å². The summed E-state index contributed by atoms with van der Waals surface area (Å²) in [6.45, 7) is 0. The fourth-order valence-corrected chi connectivity index (χ4v) is 3.28. The second-order valence-electron chi connectivity index (χ2n) is 3.70. The first-order valence-corrected chi connectivity index (χ1v) is 7.92. The van der Waals surface area contributed by atoms with Crippen LogP contribution in [-0.2, 0) is 10.0 Å². The summed E-state index contributed by atoms with van der Waals surface area (Å²) in [7, 11) is -3.80. The molecular weight excluding hydrogens is 366 g/mol. The van der Waals surface area contributed by atoms with Crippen LogP contribution >= 0.6 is 27.5 Å². The van der Waals surface area contributed by atoms with Crippen LogP contribution in [0.5, 0.6) is 0 Å². The smallest absolute Gasteiger partial charge is 0.262 e. The number of benzene rings is 1. The molecule has 1 heterocycles. The zero-order chi connectivity index (χ0) is 14.8. The van der Waals surface area contributed by atoms with Gasteiger partial charge in [-0.2, -0.15) is 5.26 Å². The van der Waals surface area contributed by atoms with Gasteiger partial charge in [-0.05, 0) is 46.3 Å². The molecule has 0 spiro atoms. The third kappa shape index (κ3) is 3.10. The Bertz CT molecular complexity index is 803. The van der Waals surface area contributed by atoms with Crippen molar-refractivity contribution in [1.29, 1.82) is 5.26 Å². The van der Waals surface area contributed by atoms with Gasteiger partial charge in [0.1, 0.15) is 10.7 Å². The van der Waals surface area contributed by atoms with Gasteiger partial charge in [-0.1, -0.05) is 11.6 Å². The van der Waals surface area contributed by atoms with E-state index in [1.807, 2.05) is 6.07 Å². The van der Waals surface area contributed by atoms with Crippen molar-refractivity contribution in [3.05, 3.63) is 51.7 Å². The molecule has 0 atom stereocenters. The summed E-state index contributed by atoms with van der Waals surface area (Å²) in [5.41, 5.74) is 0.529. The van der Waals surface area contributed by atoms with E-state index in [-0.39, 0.29) is 15.5 Å². The molecule has 0 unspecified atom stereocenters. The predicted octanol–water partition coefficient (Wildman–Crippen LogP) is 3.17. The van der Waals surface area contributed by atoms with E-state index < -0.39 is 10.0 Å². The molecule has 5 nitrogen and oxygen atoms in total. The molecule has 0 bridgehead atoms. The van der Waals surface area contributed by atoms with Crippen molar-refractivity contribution in [3.63, 3.8) is 0 Å². The molecule has 1 N–H and O–H groups in total. The average Bonchev–Trinajstić information content (AvgIpc) is 2.41. The Kier molecular flexibility index (Phi) is 4.28. The quantitative estimate of drug-likeness (QED) is 0.839. The number of pyridine rings is 1. The summed E-state index contributed by atoms with van der Waals surface area (Å²) in [5.74, 6) is 0. The van der Waals surface area contributed by atoms with Gasteiger partial charge >= 0.3 is 0 Å². The number of aromatic nitrogens is 1. The van der Waals surface area contributed by atoms with Crippen LogP contribution in [0.1, 0.15) is 5.56 Å². The Morgan fingerprint density at radius 1 is 1.35 bits per heavy atom. The number of anilines is 1. The number of hydrogen-bond donors (Lipinski definition) is 1. The molecule has 20 heavy (non-hydrogen) atoms. The van der Waals surface area contributed by atoms with Gasteiger partial charge in [-0.3, -0.25) is 4.72 Å². The number of halogens is 2. The Hall–Kier alpha value is -1.62. The maximum absolute atomic E-state index is 12.2. The molecule has 1 aromatic carbocycles. The second-order valence-corrected chi connectivity index (χ2v) is 6.54. The van der Waals surface area contributed by atoms with Crippen molar-refractivity contribution in [2.75, 3.05) is 4.72 Å². The fourth-order valence-electron chi connectivity index (χ4n) is 1.42. The van der Waals surface area contributed by atoms with Crippen molar-refractivity contribution in [1.82, 2.24) is 4.98 Å². The van der Waals surface area contributed by atoms with Crippen LogP contribution in [0.25, 0.3) is 0 Å². The van der Waals surface area contributed by atoms with Crippen molar-refractivity contribution in [2.24, 2.45) is 0 Å². The number of nitrogens with one attached hydrogen (secondary N) is 1. The fraction of sp³-hybridized carbons (Fsp3) is 0. The van der Waals surface area contributed by atoms with Gasteiger partial charge in [0, 0.05) is 6.20 Å². The number of rotatable bonds is 3. The Morgan fingerprint density at radius 3 is 2.70 bits per heavy atom. The van der Waals surface area contributed by atoms with E-state index in [1.54, 1.807) is 12.1 Å². The topological polar surface area (TPSA) is 82.8 Å². The minimum atomic E-state index is -3.80. The molecule has 2 rings (SSSR count). The summed E-state index contributed by atoms with van der Waals surface area (Å²) >= 11 is 8.99. The molecule has 0 aliphatic heterocycles. The van der Waals surface area contributed by atoms with Crippen LogP contribution in [0.15, 0.2) is 46.0 Å². The monoisotopic (exact) mass is 371 g/mol. The van der Waals surface area contributed by atoms with E-state index in [0.29, 0.717) is 10.3 Å². The normalized spacial score (nSPS) is 10.8. The van der Waals surface area contributed by atoms with Crippen LogP contribution in [0.4, 0.5) is 5.69 Å². The first-order chi connectivity index (χ1) is 9.44.